The number of carbonyl (C=O) groups excluding carboxylic acids is 2. The Morgan fingerprint density at radius 1 is 1.69 bits per heavy atom. The van der Waals surface area contributed by atoms with E-state index in [4.69, 9.17) is 0 Å². The molecule has 0 aliphatic heterocycles. The number of Topliss-reactive ketones (excluding diaryl/α,β-unsaturated/α-hetero) is 1. The molecule has 0 aromatic heterocycles. The molecule has 0 spiro atoms. The molecular formula is C11H16O2. The first-order valence-electron chi connectivity index (χ1n) is 4.78. The zero-order chi connectivity index (χ0) is 9.84. The maximum Gasteiger partial charge on any atom is 0.158 e. The number of carbonyl (C=O) groups is 2. The Labute approximate surface area is 79.0 Å². The molecule has 0 N–H and O–H groups in total. The number of allylic oxidation sites excluding steroid dienone is 2. The highest BCUT2D eigenvalue weighted by Crippen LogP contribution is 2.28. The van der Waals surface area contributed by atoms with E-state index in [0.717, 1.165) is 18.3 Å². The first kappa shape index (κ1) is 10.2. The van der Waals surface area contributed by atoms with E-state index in [-0.39, 0.29) is 5.78 Å². The third-order valence-electron chi connectivity index (χ3n) is 2.89. The van der Waals surface area contributed by atoms with Crippen molar-refractivity contribution in [3.63, 3.8) is 0 Å². The van der Waals surface area contributed by atoms with Gasteiger partial charge in [0, 0.05) is 12.8 Å². The van der Waals surface area contributed by atoms with Crippen LogP contribution in [0, 0.1) is 11.8 Å². The molecule has 0 amide bonds. The van der Waals surface area contributed by atoms with E-state index >= 15 is 0 Å². The predicted molar refractivity (Wildman–Crippen MR) is 51.3 cm³/mol. The van der Waals surface area contributed by atoms with Gasteiger partial charge in [-0.25, -0.2) is 0 Å². The second-order valence-electron chi connectivity index (χ2n) is 3.89. The zero-order valence-corrected chi connectivity index (χ0v) is 8.25. The smallest absolute Gasteiger partial charge is 0.158 e. The van der Waals surface area contributed by atoms with Crippen LogP contribution < -0.4 is 0 Å². The average Bonchev–Trinajstić information content (AvgIpc) is 2.10. The number of aldehydes is 1. The Kier molecular flexibility index (Phi) is 3.40. The molecule has 0 aromatic carbocycles. The van der Waals surface area contributed by atoms with Crippen LogP contribution in [0.3, 0.4) is 0 Å². The number of rotatable bonds is 3. The van der Waals surface area contributed by atoms with E-state index in [9.17, 15) is 9.59 Å². The largest absolute Gasteiger partial charge is 0.303 e. The Hall–Kier alpha value is -0.920. The molecule has 0 radical (unpaired) electrons. The second-order valence-corrected chi connectivity index (χ2v) is 3.89. The molecule has 72 valence electrons. The van der Waals surface area contributed by atoms with Crippen LogP contribution in [0.1, 0.15) is 33.1 Å². The van der Waals surface area contributed by atoms with Gasteiger partial charge in [0.15, 0.2) is 5.78 Å². The maximum absolute atomic E-state index is 11.4. The van der Waals surface area contributed by atoms with Gasteiger partial charge in [-0.1, -0.05) is 13.0 Å². The van der Waals surface area contributed by atoms with Gasteiger partial charge in [-0.15, -0.1) is 0 Å². The Morgan fingerprint density at radius 2 is 2.38 bits per heavy atom. The van der Waals surface area contributed by atoms with Crippen molar-refractivity contribution in [2.24, 2.45) is 11.8 Å². The molecule has 1 aliphatic carbocycles. The van der Waals surface area contributed by atoms with E-state index in [2.05, 4.69) is 0 Å². The van der Waals surface area contributed by atoms with Gasteiger partial charge in [-0.05, 0) is 30.8 Å². The van der Waals surface area contributed by atoms with Crippen molar-refractivity contribution in [1.82, 2.24) is 0 Å². The van der Waals surface area contributed by atoms with Gasteiger partial charge >= 0.3 is 0 Å². The van der Waals surface area contributed by atoms with Gasteiger partial charge in [-0.3, -0.25) is 4.79 Å². The summed E-state index contributed by atoms with van der Waals surface area (Å²) in [6, 6.07) is 0. The molecule has 0 saturated heterocycles. The molecular weight excluding hydrogens is 164 g/mol. The molecule has 2 heteroatoms. The average molecular weight is 180 g/mol. The van der Waals surface area contributed by atoms with Crippen LogP contribution in [-0.2, 0) is 9.59 Å². The van der Waals surface area contributed by atoms with Gasteiger partial charge in [0.25, 0.3) is 0 Å². The van der Waals surface area contributed by atoms with Crippen molar-refractivity contribution in [3.8, 4) is 0 Å². The summed E-state index contributed by atoms with van der Waals surface area (Å²) in [7, 11) is 0. The lowest BCUT2D eigenvalue weighted by atomic mass is 9.80. The number of hydrogen-bond donors (Lipinski definition) is 0. The van der Waals surface area contributed by atoms with Gasteiger partial charge in [0.05, 0.1) is 0 Å². The lowest BCUT2D eigenvalue weighted by molar-refractivity contribution is -0.117. The molecule has 13 heavy (non-hydrogen) atoms. The first-order chi connectivity index (χ1) is 6.15. The van der Waals surface area contributed by atoms with Gasteiger partial charge < -0.3 is 4.79 Å². The fraction of sp³-hybridized carbons (Fsp3) is 0.636. The fourth-order valence-corrected chi connectivity index (χ4v) is 1.70. The van der Waals surface area contributed by atoms with Crippen molar-refractivity contribution < 1.29 is 9.59 Å². The number of hydrogen-bond acceptors (Lipinski definition) is 2. The molecule has 0 fully saturated rings. The summed E-state index contributed by atoms with van der Waals surface area (Å²) < 4.78 is 0. The Balaban J connectivity index is 2.56. The van der Waals surface area contributed by atoms with Crippen LogP contribution in [0.4, 0.5) is 0 Å². The monoisotopic (exact) mass is 180 g/mol. The van der Waals surface area contributed by atoms with Crippen LogP contribution in [0.5, 0.6) is 0 Å². The Morgan fingerprint density at radius 3 is 2.92 bits per heavy atom. The summed E-state index contributed by atoms with van der Waals surface area (Å²) in [6.45, 7) is 3.91. The summed E-state index contributed by atoms with van der Waals surface area (Å²) in [4.78, 5) is 21.7. The van der Waals surface area contributed by atoms with Gasteiger partial charge in [-0.2, -0.15) is 0 Å². The Bertz CT molecular complexity index is 240. The van der Waals surface area contributed by atoms with Crippen LogP contribution >= 0.6 is 0 Å². The standard InChI is InChI=1S/C11H16O2/c1-8(5-6-12)10-4-3-9(2)11(13)7-10/h3,6,8,10H,4-5,7H2,1-2H3/t8-,10-/m1/s1. The SMILES string of the molecule is CC1=CC[C@@H]([C@H](C)CC=O)CC1=O. The number of ketones is 1. The van der Waals surface area contributed by atoms with E-state index in [1.807, 2.05) is 19.9 Å². The summed E-state index contributed by atoms with van der Waals surface area (Å²) in [5.74, 6) is 0.959. The molecule has 0 heterocycles. The van der Waals surface area contributed by atoms with Crippen LogP contribution in [0.2, 0.25) is 0 Å². The van der Waals surface area contributed by atoms with E-state index in [1.54, 1.807) is 0 Å². The first-order valence-corrected chi connectivity index (χ1v) is 4.78. The molecule has 0 saturated carbocycles. The predicted octanol–water partition coefficient (Wildman–Crippen LogP) is 2.14. The van der Waals surface area contributed by atoms with Crippen LogP contribution in [0.15, 0.2) is 11.6 Å². The van der Waals surface area contributed by atoms with Crippen molar-refractivity contribution >= 4 is 12.1 Å². The molecule has 1 aliphatic rings. The second kappa shape index (κ2) is 4.35. The van der Waals surface area contributed by atoms with Gasteiger partial charge in [0.2, 0.25) is 0 Å². The van der Waals surface area contributed by atoms with Crippen molar-refractivity contribution in [1.29, 1.82) is 0 Å². The minimum atomic E-state index is 0.244. The van der Waals surface area contributed by atoms with E-state index in [0.29, 0.717) is 24.7 Å². The van der Waals surface area contributed by atoms with E-state index in [1.165, 1.54) is 0 Å². The zero-order valence-electron chi connectivity index (χ0n) is 8.25. The molecule has 2 atom stereocenters. The highest BCUT2D eigenvalue weighted by molar-refractivity contribution is 5.95. The minimum absolute atomic E-state index is 0.244. The fourth-order valence-electron chi connectivity index (χ4n) is 1.70. The summed E-state index contributed by atoms with van der Waals surface area (Å²) >= 11 is 0. The molecule has 0 bridgehead atoms. The molecule has 0 aromatic rings. The lowest BCUT2D eigenvalue weighted by Gasteiger charge is -2.24. The normalized spacial score (nSPS) is 25.2. The maximum atomic E-state index is 11.4. The van der Waals surface area contributed by atoms with Crippen molar-refractivity contribution in [2.75, 3.05) is 0 Å². The van der Waals surface area contributed by atoms with Crippen LogP contribution in [-0.4, -0.2) is 12.1 Å². The third-order valence-corrected chi connectivity index (χ3v) is 2.89. The quantitative estimate of drug-likeness (QED) is 0.623. The molecule has 2 nitrogen and oxygen atoms in total. The van der Waals surface area contributed by atoms with Gasteiger partial charge in [0.1, 0.15) is 6.29 Å². The third kappa shape index (κ3) is 2.51. The minimum Gasteiger partial charge on any atom is -0.303 e. The lowest BCUT2D eigenvalue weighted by Crippen LogP contribution is -2.20. The molecule has 0 unspecified atom stereocenters. The summed E-state index contributed by atoms with van der Waals surface area (Å²) in [6.07, 6.45) is 5.09. The topological polar surface area (TPSA) is 34.1 Å². The van der Waals surface area contributed by atoms with Crippen molar-refractivity contribution in [3.05, 3.63) is 11.6 Å². The molecule has 1 rings (SSSR count). The van der Waals surface area contributed by atoms with Crippen LogP contribution in [0.25, 0.3) is 0 Å². The van der Waals surface area contributed by atoms with Crippen molar-refractivity contribution in [2.45, 2.75) is 33.1 Å². The summed E-state index contributed by atoms with van der Waals surface area (Å²) in [5, 5.41) is 0. The highest BCUT2D eigenvalue weighted by Gasteiger charge is 2.23. The van der Waals surface area contributed by atoms with E-state index < -0.39 is 0 Å². The highest BCUT2D eigenvalue weighted by atomic mass is 16.1. The summed E-state index contributed by atoms with van der Waals surface area (Å²) in [5.41, 5.74) is 0.884.